The second-order valence-corrected chi connectivity index (χ2v) is 4.12. The number of hydrogen-bond donors (Lipinski definition) is 1. The molecule has 13 heavy (non-hydrogen) atoms. The molecule has 1 saturated carbocycles. The molecule has 0 aromatic rings. The van der Waals surface area contributed by atoms with Crippen molar-refractivity contribution >= 4 is 0 Å². The fourth-order valence-electron chi connectivity index (χ4n) is 1.90. The lowest BCUT2D eigenvalue weighted by Crippen LogP contribution is -2.50. The Bertz CT molecular complexity index is 205. The Morgan fingerprint density at radius 2 is 2.31 bits per heavy atom. The van der Waals surface area contributed by atoms with Crippen LogP contribution in [0.1, 0.15) is 19.3 Å². The molecule has 0 radical (unpaired) electrons. The van der Waals surface area contributed by atoms with Gasteiger partial charge in [0.1, 0.15) is 6.04 Å². The van der Waals surface area contributed by atoms with Gasteiger partial charge in [-0.2, -0.15) is 5.26 Å². The summed E-state index contributed by atoms with van der Waals surface area (Å²) in [5, 5.41) is 12.2. The summed E-state index contributed by atoms with van der Waals surface area (Å²) in [7, 11) is 0. The van der Waals surface area contributed by atoms with E-state index in [2.05, 4.69) is 16.3 Å². The molecule has 1 aliphatic heterocycles. The SMILES string of the molecule is N#CC1CNCCN1CCC1CC1. The average Bonchev–Trinajstić information content (AvgIpc) is 2.99. The van der Waals surface area contributed by atoms with Crippen LogP contribution in [0, 0.1) is 17.2 Å². The molecule has 1 saturated heterocycles. The highest BCUT2D eigenvalue weighted by molar-refractivity contribution is 4.96. The normalized spacial score (nSPS) is 29.9. The predicted molar refractivity (Wildman–Crippen MR) is 51.2 cm³/mol. The van der Waals surface area contributed by atoms with E-state index in [9.17, 15) is 0 Å². The van der Waals surface area contributed by atoms with Gasteiger partial charge in [0.15, 0.2) is 0 Å². The van der Waals surface area contributed by atoms with Gasteiger partial charge in [0.25, 0.3) is 0 Å². The van der Waals surface area contributed by atoms with Crippen LogP contribution in [0.2, 0.25) is 0 Å². The molecule has 3 nitrogen and oxygen atoms in total. The zero-order chi connectivity index (χ0) is 9.10. The standard InChI is InChI=1S/C10H17N3/c11-7-10-8-12-4-6-13(10)5-3-9-1-2-9/h9-10,12H,1-6,8H2. The van der Waals surface area contributed by atoms with Gasteiger partial charge >= 0.3 is 0 Å². The van der Waals surface area contributed by atoms with Crippen molar-refractivity contribution in [3.63, 3.8) is 0 Å². The smallest absolute Gasteiger partial charge is 0.110 e. The Balaban J connectivity index is 1.76. The van der Waals surface area contributed by atoms with Gasteiger partial charge in [0, 0.05) is 19.6 Å². The molecule has 1 aliphatic carbocycles. The molecule has 2 aliphatic rings. The Morgan fingerprint density at radius 3 is 3.00 bits per heavy atom. The molecule has 0 bridgehead atoms. The van der Waals surface area contributed by atoms with Crippen LogP contribution in [0.4, 0.5) is 0 Å². The fraction of sp³-hybridized carbons (Fsp3) is 0.900. The third kappa shape index (κ3) is 2.43. The van der Waals surface area contributed by atoms with Crippen LogP contribution >= 0.6 is 0 Å². The van der Waals surface area contributed by atoms with Crippen LogP contribution < -0.4 is 5.32 Å². The van der Waals surface area contributed by atoms with Gasteiger partial charge in [0.2, 0.25) is 0 Å². The molecular formula is C10H17N3. The van der Waals surface area contributed by atoms with E-state index in [4.69, 9.17) is 5.26 Å². The second kappa shape index (κ2) is 4.08. The van der Waals surface area contributed by atoms with Crippen molar-refractivity contribution < 1.29 is 0 Å². The first-order chi connectivity index (χ1) is 6.40. The Hall–Kier alpha value is -0.590. The summed E-state index contributed by atoms with van der Waals surface area (Å²) in [6.07, 6.45) is 4.14. The monoisotopic (exact) mass is 179 g/mol. The highest BCUT2D eigenvalue weighted by Gasteiger charge is 2.25. The molecule has 72 valence electrons. The topological polar surface area (TPSA) is 39.1 Å². The molecule has 0 spiro atoms. The zero-order valence-electron chi connectivity index (χ0n) is 8.00. The van der Waals surface area contributed by atoms with Crippen molar-refractivity contribution in [1.82, 2.24) is 10.2 Å². The van der Waals surface area contributed by atoms with Gasteiger partial charge in [-0.1, -0.05) is 12.8 Å². The van der Waals surface area contributed by atoms with Crippen LogP contribution in [-0.2, 0) is 0 Å². The summed E-state index contributed by atoms with van der Waals surface area (Å²) in [6.45, 7) is 4.07. The number of nitriles is 1. The lowest BCUT2D eigenvalue weighted by Gasteiger charge is -2.31. The van der Waals surface area contributed by atoms with E-state index in [0.29, 0.717) is 0 Å². The zero-order valence-corrected chi connectivity index (χ0v) is 8.00. The first-order valence-corrected chi connectivity index (χ1v) is 5.24. The van der Waals surface area contributed by atoms with Gasteiger partial charge in [-0.15, -0.1) is 0 Å². The number of nitrogens with one attached hydrogen (secondary N) is 1. The molecule has 1 unspecified atom stereocenters. The molecule has 3 heteroatoms. The minimum atomic E-state index is 0.118. The van der Waals surface area contributed by atoms with Crippen LogP contribution in [0.5, 0.6) is 0 Å². The number of rotatable bonds is 3. The Kier molecular flexibility index (Phi) is 2.82. The maximum absolute atomic E-state index is 8.91. The van der Waals surface area contributed by atoms with Crippen LogP contribution in [-0.4, -0.2) is 37.1 Å². The Morgan fingerprint density at radius 1 is 1.46 bits per heavy atom. The van der Waals surface area contributed by atoms with Gasteiger partial charge in [-0.3, -0.25) is 4.90 Å². The van der Waals surface area contributed by atoms with E-state index in [1.165, 1.54) is 19.3 Å². The second-order valence-electron chi connectivity index (χ2n) is 4.12. The highest BCUT2D eigenvalue weighted by Crippen LogP contribution is 2.32. The molecule has 0 aromatic carbocycles. The third-order valence-corrected chi connectivity index (χ3v) is 3.02. The molecular weight excluding hydrogens is 162 g/mol. The third-order valence-electron chi connectivity index (χ3n) is 3.02. The van der Waals surface area contributed by atoms with Crippen molar-refractivity contribution in [1.29, 1.82) is 5.26 Å². The molecule has 1 heterocycles. The summed E-state index contributed by atoms with van der Waals surface area (Å²) >= 11 is 0. The van der Waals surface area contributed by atoms with Crippen molar-refractivity contribution in [3.8, 4) is 6.07 Å². The Labute approximate surface area is 79.7 Å². The average molecular weight is 179 g/mol. The summed E-state index contributed by atoms with van der Waals surface area (Å²) in [4.78, 5) is 2.33. The molecule has 0 amide bonds. The minimum absolute atomic E-state index is 0.118. The highest BCUT2D eigenvalue weighted by atomic mass is 15.2. The summed E-state index contributed by atoms with van der Waals surface area (Å²) < 4.78 is 0. The molecule has 0 aromatic heterocycles. The fourth-order valence-corrected chi connectivity index (χ4v) is 1.90. The first kappa shape index (κ1) is 8.98. The van der Waals surface area contributed by atoms with E-state index in [1.807, 2.05) is 0 Å². The van der Waals surface area contributed by atoms with Gasteiger partial charge in [0.05, 0.1) is 6.07 Å². The molecule has 2 fully saturated rings. The van der Waals surface area contributed by atoms with E-state index < -0.39 is 0 Å². The predicted octanol–water partition coefficient (Wildman–Crippen LogP) is 0.584. The number of hydrogen-bond acceptors (Lipinski definition) is 3. The molecule has 1 atom stereocenters. The van der Waals surface area contributed by atoms with Gasteiger partial charge in [-0.05, 0) is 18.9 Å². The molecule has 2 rings (SSSR count). The van der Waals surface area contributed by atoms with Gasteiger partial charge in [-0.25, -0.2) is 0 Å². The minimum Gasteiger partial charge on any atom is -0.313 e. The summed E-state index contributed by atoms with van der Waals surface area (Å²) in [5.41, 5.74) is 0. The lowest BCUT2D eigenvalue weighted by atomic mass is 10.2. The van der Waals surface area contributed by atoms with E-state index in [1.54, 1.807) is 0 Å². The van der Waals surface area contributed by atoms with E-state index in [0.717, 1.165) is 32.1 Å². The maximum Gasteiger partial charge on any atom is 0.110 e. The quantitative estimate of drug-likeness (QED) is 0.689. The van der Waals surface area contributed by atoms with Crippen LogP contribution in [0.15, 0.2) is 0 Å². The maximum atomic E-state index is 8.91. The van der Waals surface area contributed by atoms with Crippen LogP contribution in [0.25, 0.3) is 0 Å². The van der Waals surface area contributed by atoms with E-state index in [-0.39, 0.29) is 6.04 Å². The van der Waals surface area contributed by atoms with Crippen molar-refractivity contribution in [2.24, 2.45) is 5.92 Å². The summed E-state index contributed by atoms with van der Waals surface area (Å²) in [5.74, 6) is 0.981. The van der Waals surface area contributed by atoms with Crippen molar-refractivity contribution in [3.05, 3.63) is 0 Å². The van der Waals surface area contributed by atoms with Crippen molar-refractivity contribution in [2.45, 2.75) is 25.3 Å². The largest absolute Gasteiger partial charge is 0.313 e. The number of piperazine rings is 1. The van der Waals surface area contributed by atoms with Crippen LogP contribution in [0.3, 0.4) is 0 Å². The van der Waals surface area contributed by atoms with Crippen molar-refractivity contribution in [2.75, 3.05) is 26.2 Å². The number of nitrogens with zero attached hydrogens (tertiary/aromatic N) is 2. The lowest BCUT2D eigenvalue weighted by molar-refractivity contribution is 0.192. The molecule has 1 N–H and O–H groups in total. The first-order valence-electron chi connectivity index (χ1n) is 5.24. The van der Waals surface area contributed by atoms with E-state index >= 15 is 0 Å². The van der Waals surface area contributed by atoms with Gasteiger partial charge < -0.3 is 5.32 Å². The summed E-state index contributed by atoms with van der Waals surface area (Å²) in [6, 6.07) is 2.48.